The largest absolute Gasteiger partial charge is 0.300 e. The van der Waals surface area contributed by atoms with Crippen molar-refractivity contribution >= 4 is 34.0 Å². The minimum Gasteiger partial charge on any atom is -0.300 e. The molecule has 1 aliphatic rings. The van der Waals surface area contributed by atoms with Gasteiger partial charge in [-0.05, 0) is 25.0 Å². The third-order valence-corrected chi connectivity index (χ3v) is 4.86. The zero-order valence-electron chi connectivity index (χ0n) is 11.5. The second-order valence-electron chi connectivity index (χ2n) is 5.24. The van der Waals surface area contributed by atoms with Gasteiger partial charge >= 0.3 is 0 Å². The summed E-state index contributed by atoms with van der Waals surface area (Å²) in [6.45, 7) is 0. The average molecular weight is 322 g/mol. The highest BCUT2D eigenvalue weighted by Gasteiger charge is 2.22. The third kappa shape index (κ3) is 3.60. The van der Waals surface area contributed by atoms with Crippen molar-refractivity contribution in [2.45, 2.75) is 32.1 Å². The van der Waals surface area contributed by atoms with E-state index in [9.17, 15) is 4.79 Å². The van der Waals surface area contributed by atoms with E-state index in [0.717, 1.165) is 36.3 Å². The van der Waals surface area contributed by atoms with E-state index in [-0.39, 0.29) is 11.8 Å². The van der Waals surface area contributed by atoms with Crippen LogP contribution in [0.4, 0.5) is 5.13 Å². The lowest BCUT2D eigenvalue weighted by atomic mass is 9.89. The Balaban J connectivity index is 1.67. The van der Waals surface area contributed by atoms with Gasteiger partial charge in [0.2, 0.25) is 11.0 Å². The van der Waals surface area contributed by atoms with E-state index < -0.39 is 0 Å². The molecule has 110 valence electrons. The molecule has 1 heterocycles. The molecule has 0 bridgehead atoms. The molecule has 1 amide bonds. The van der Waals surface area contributed by atoms with Crippen LogP contribution < -0.4 is 5.32 Å². The number of hydrogen-bond donors (Lipinski definition) is 1. The van der Waals surface area contributed by atoms with Gasteiger partial charge in [-0.15, -0.1) is 10.2 Å². The first kappa shape index (κ1) is 14.5. The Kier molecular flexibility index (Phi) is 4.51. The van der Waals surface area contributed by atoms with Gasteiger partial charge < -0.3 is 5.32 Å². The van der Waals surface area contributed by atoms with E-state index in [1.165, 1.54) is 17.8 Å². The summed E-state index contributed by atoms with van der Waals surface area (Å²) in [5.74, 6) is 0.204. The smallest absolute Gasteiger partial charge is 0.229 e. The van der Waals surface area contributed by atoms with Crippen LogP contribution >= 0.6 is 22.9 Å². The van der Waals surface area contributed by atoms with E-state index in [0.29, 0.717) is 10.2 Å². The Morgan fingerprint density at radius 2 is 1.86 bits per heavy atom. The fourth-order valence-electron chi connectivity index (χ4n) is 2.56. The molecule has 1 aromatic heterocycles. The van der Waals surface area contributed by atoms with Gasteiger partial charge in [0.1, 0.15) is 5.01 Å². The second kappa shape index (κ2) is 6.54. The molecule has 6 heteroatoms. The molecule has 1 aliphatic carbocycles. The van der Waals surface area contributed by atoms with Crippen LogP contribution in [0, 0.1) is 5.92 Å². The van der Waals surface area contributed by atoms with Crippen molar-refractivity contribution in [2.75, 3.05) is 5.32 Å². The Labute approximate surface area is 132 Å². The van der Waals surface area contributed by atoms with Gasteiger partial charge in [-0.2, -0.15) is 0 Å². The summed E-state index contributed by atoms with van der Waals surface area (Å²) in [4.78, 5) is 12.2. The van der Waals surface area contributed by atoms with Gasteiger partial charge in [-0.3, -0.25) is 4.79 Å². The highest BCUT2D eigenvalue weighted by Crippen LogP contribution is 2.29. The van der Waals surface area contributed by atoms with Crippen molar-refractivity contribution in [3.63, 3.8) is 0 Å². The Morgan fingerprint density at radius 1 is 1.14 bits per heavy atom. The molecule has 0 aliphatic heterocycles. The van der Waals surface area contributed by atoms with Gasteiger partial charge in [-0.25, -0.2) is 0 Å². The number of nitrogens with one attached hydrogen (secondary N) is 1. The second-order valence-corrected chi connectivity index (χ2v) is 6.66. The summed E-state index contributed by atoms with van der Waals surface area (Å²) in [7, 11) is 0. The first-order valence-corrected chi connectivity index (χ1v) is 8.32. The summed E-state index contributed by atoms with van der Waals surface area (Å²) in [6.07, 6.45) is 5.49. The highest BCUT2D eigenvalue weighted by atomic mass is 35.5. The number of halogens is 1. The molecule has 0 radical (unpaired) electrons. The Bertz CT molecular complexity index is 620. The van der Waals surface area contributed by atoms with E-state index in [1.54, 1.807) is 0 Å². The number of carbonyl (C=O) groups is 1. The minimum atomic E-state index is 0.0773. The molecule has 4 nitrogen and oxygen atoms in total. The summed E-state index contributed by atoms with van der Waals surface area (Å²) in [5, 5.41) is 13.1. The van der Waals surface area contributed by atoms with E-state index in [2.05, 4.69) is 15.5 Å². The number of nitrogens with zero attached hydrogens (tertiary/aromatic N) is 2. The maximum Gasteiger partial charge on any atom is 0.229 e. The molecular weight excluding hydrogens is 306 g/mol. The normalized spacial score (nSPS) is 15.9. The lowest BCUT2D eigenvalue weighted by molar-refractivity contribution is -0.120. The number of anilines is 1. The van der Waals surface area contributed by atoms with Crippen molar-refractivity contribution in [1.29, 1.82) is 0 Å². The first-order valence-electron chi connectivity index (χ1n) is 7.13. The molecule has 0 spiro atoms. The van der Waals surface area contributed by atoms with Crippen LogP contribution in [0.15, 0.2) is 24.3 Å². The number of rotatable bonds is 3. The topological polar surface area (TPSA) is 54.9 Å². The standard InChI is InChI=1S/C15H16ClN3OS/c16-12-8-6-11(7-9-12)14-18-19-15(21-14)17-13(20)10-4-2-1-3-5-10/h6-10H,1-5H2,(H,17,19,20). The van der Waals surface area contributed by atoms with E-state index >= 15 is 0 Å². The van der Waals surface area contributed by atoms with Gasteiger partial charge in [-0.1, -0.05) is 54.3 Å². The van der Waals surface area contributed by atoms with E-state index in [4.69, 9.17) is 11.6 Å². The molecule has 0 saturated heterocycles. The SMILES string of the molecule is O=C(Nc1nnc(-c2ccc(Cl)cc2)s1)C1CCCCC1. The molecule has 1 aromatic carbocycles. The Morgan fingerprint density at radius 3 is 2.57 bits per heavy atom. The van der Waals surface area contributed by atoms with Crippen LogP contribution in [0.2, 0.25) is 5.02 Å². The Hall–Kier alpha value is -1.46. The van der Waals surface area contributed by atoms with Crippen molar-refractivity contribution in [2.24, 2.45) is 5.92 Å². The molecule has 3 rings (SSSR count). The van der Waals surface area contributed by atoms with Crippen LogP contribution in [0.1, 0.15) is 32.1 Å². The molecular formula is C15H16ClN3OS. The zero-order chi connectivity index (χ0) is 14.7. The van der Waals surface area contributed by atoms with Crippen LogP contribution in [-0.2, 0) is 4.79 Å². The van der Waals surface area contributed by atoms with Gasteiger partial charge in [0.15, 0.2) is 0 Å². The molecule has 1 fully saturated rings. The lowest BCUT2D eigenvalue weighted by Crippen LogP contribution is -2.24. The quantitative estimate of drug-likeness (QED) is 0.912. The predicted molar refractivity (Wildman–Crippen MR) is 85.6 cm³/mol. The predicted octanol–water partition coefficient (Wildman–Crippen LogP) is 4.38. The van der Waals surface area contributed by atoms with Crippen molar-refractivity contribution < 1.29 is 4.79 Å². The minimum absolute atomic E-state index is 0.0773. The molecule has 0 unspecified atom stereocenters. The molecule has 1 N–H and O–H groups in total. The lowest BCUT2D eigenvalue weighted by Gasteiger charge is -2.19. The maximum absolute atomic E-state index is 12.2. The summed E-state index contributed by atoms with van der Waals surface area (Å²) >= 11 is 7.26. The van der Waals surface area contributed by atoms with Crippen LogP contribution in [0.25, 0.3) is 10.6 Å². The van der Waals surface area contributed by atoms with Crippen molar-refractivity contribution in [1.82, 2.24) is 10.2 Å². The fraction of sp³-hybridized carbons (Fsp3) is 0.400. The van der Waals surface area contributed by atoms with Crippen LogP contribution in [0.5, 0.6) is 0 Å². The molecule has 0 atom stereocenters. The summed E-state index contributed by atoms with van der Waals surface area (Å²) in [5.41, 5.74) is 0.954. The number of carbonyl (C=O) groups excluding carboxylic acids is 1. The first-order chi connectivity index (χ1) is 10.2. The monoisotopic (exact) mass is 321 g/mol. The summed E-state index contributed by atoms with van der Waals surface area (Å²) in [6, 6.07) is 7.43. The summed E-state index contributed by atoms with van der Waals surface area (Å²) < 4.78 is 0. The van der Waals surface area contributed by atoms with Gasteiger partial charge in [0, 0.05) is 16.5 Å². The van der Waals surface area contributed by atoms with Gasteiger partial charge in [0.05, 0.1) is 0 Å². The highest BCUT2D eigenvalue weighted by molar-refractivity contribution is 7.18. The fourth-order valence-corrected chi connectivity index (χ4v) is 3.43. The number of benzene rings is 1. The maximum atomic E-state index is 12.2. The van der Waals surface area contributed by atoms with Crippen LogP contribution in [0.3, 0.4) is 0 Å². The molecule has 1 saturated carbocycles. The zero-order valence-corrected chi connectivity index (χ0v) is 13.1. The van der Waals surface area contributed by atoms with Crippen LogP contribution in [-0.4, -0.2) is 16.1 Å². The number of aromatic nitrogens is 2. The third-order valence-electron chi connectivity index (χ3n) is 3.72. The molecule has 21 heavy (non-hydrogen) atoms. The van der Waals surface area contributed by atoms with E-state index in [1.807, 2.05) is 24.3 Å². The van der Waals surface area contributed by atoms with Gasteiger partial charge in [0.25, 0.3) is 0 Å². The van der Waals surface area contributed by atoms with Crippen molar-refractivity contribution in [3.8, 4) is 10.6 Å². The molecule has 2 aromatic rings. The number of hydrogen-bond acceptors (Lipinski definition) is 4. The van der Waals surface area contributed by atoms with Crippen molar-refractivity contribution in [3.05, 3.63) is 29.3 Å². The number of amides is 1. The average Bonchev–Trinajstić information content (AvgIpc) is 2.97.